The summed E-state index contributed by atoms with van der Waals surface area (Å²) in [4.78, 5) is 0. The normalized spacial score (nSPS) is 12.5. The summed E-state index contributed by atoms with van der Waals surface area (Å²) in [6.07, 6.45) is -1.01. The molecule has 0 fully saturated rings. The van der Waals surface area contributed by atoms with Crippen LogP contribution in [0.5, 0.6) is 0 Å². The van der Waals surface area contributed by atoms with E-state index in [4.69, 9.17) is 34.8 Å². The highest BCUT2D eigenvalue weighted by molar-refractivity contribution is 6.36. The molecule has 0 bridgehead atoms. The highest BCUT2D eigenvalue weighted by Crippen LogP contribution is 2.33. The molecule has 0 aliphatic carbocycles. The van der Waals surface area contributed by atoms with Crippen molar-refractivity contribution in [2.45, 2.75) is 12.5 Å². The molecule has 2 aromatic rings. The van der Waals surface area contributed by atoms with Crippen LogP contribution in [-0.4, -0.2) is 5.11 Å². The molecule has 100 valence electrons. The van der Waals surface area contributed by atoms with Gasteiger partial charge in [-0.3, -0.25) is 0 Å². The van der Waals surface area contributed by atoms with Crippen molar-refractivity contribution in [3.8, 4) is 0 Å². The van der Waals surface area contributed by atoms with Crippen LogP contribution >= 0.6 is 34.8 Å². The lowest BCUT2D eigenvalue weighted by Gasteiger charge is -2.15. The Kier molecular flexibility index (Phi) is 4.69. The maximum Gasteiger partial charge on any atom is 0.127 e. The molecule has 19 heavy (non-hydrogen) atoms. The number of hydrogen-bond donors (Lipinski definition) is 1. The first kappa shape index (κ1) is 14.6. The van der Waals surface area contributed by atoms with E-state index in [-0.39, 0.29) is 17.0 Å². The van der Waals surface area contributed by atoms with Crippen molar-refractivity contribution < 1.29 is 9.50 Å². The average molecular weight is 320 g/mol. The molecule has 1 unspecified atom stereocenters. The van der Waals surface area contributed by atoms with Gasteiger partial charge < -0.3 is 5.11 Å². The first-order valence-electron chi connectivity index (χ1n) is 5.55. The second-order valence-corrected chi connectivity index (χ2v) is 5.28. The van der Waals surface area contributed by atoms with Gasteiger partial charge in [0.05, 0.1) is 6.10 Å². The van der Waals surface area contributed by atoms with Gasteiger partial charge in [-0.1, -0.05) is 46.9 Å². The maximum absolute atomic E-state index is 13.7. The highest BCUT2D eigenvalue weighted by Gasteiger charge is 2.19. The van der Waals surface area contributed by atoms with E-state index in [0.29, 0.717) is 15.6 Å². The molecule has 0 spiro atoms. The van der Waals surface area contributed by atoms with Gasteiger partial charge in [0, 0.05) is 32.6 Å². The number of aliphatic hydroxyl groups is 1. The molecule has 0 heterocycles. The monoisotopic (exact) mass is 318 g/mol. The Labute approximate surface area is 125 Å². The van der Waals surface area contributed by atoms with E-state index >= 15 is 0 Å². The summed E-state index contributed by atoms with van der Waals surface area (Å²) >= 11 is 17.9. The Bertz CT molecular complexity index is 561. The number of rotatable bonds is 3. The van der Waals surface area contributed by atoms with Crippen LogP contribution in [0.4, 0.5) is 4.39 Å². The van der Waals surface area contributed by atoms with Gasteiger partial charge in [0.1, 0.15) is 5.82 Å². The second-order valence-electron chi connectivity index (χ2n) is 4.06. The topological polar surface area (TPSA) is 20.2 Å². The number of halogens is 4. The molecular weight excluding hydrogens is 310 g/mol. The predicted octanol–water partition coefficient (Wildman–Crippen LogP) is 5.06. The van der Waals surface area contributed by atoms with Crippen LogP contribution in [0, 0.1) is 5.82 Å². The fourth-order valence-corrected chi connectivity index (χ4v) is 2.74. The molecule has 0 saturated heterocycles. The van der Waals surface area contributed by atoms with Crippen LogP contribution < -0.4 is 0 Å². The lowest BCUT2D eigenvalue weighted by atomic mass is 10.0. The van der Waals surface area contributed by atoms with E-state index in [2.05, 4.69) is 0 Å². The van der Waals surface area contributed by atoms with Gasteiger partial charge in [-0.2, -0.15) is 0 Å². The van der Waals surface area contributed by atoms with E-state index in [1.807, 2.05) is 0 Å². The summed E-state index contributed by atoms with van der Waals surface area (Å²) in [7, 11) is 0. The third kappa shape index (κ3) is 3.21. The van der Waals surface area contributed by atoms with Crippen LogP contribution in [-0.2, 0) is 6.42 Å². The molecule has 0 aliphatic rings. The predicted molar refractivity (Wildman–Crippen MR) is 76.5 cm³/mol. The van der Waals surface area contributed by atoms with Crippen LogP contribution in [0.25, 0.3) is 0 Å². The number of benzene rings is 2. The molecule has 1 nitrogen and oxygen atoms in total. The van der Waals surface area contributed by atoms with Gasteiger partial charge in [-0.05, 0) is 24.3 Å². The number of hydrogen-bond acceptors (Lipinski definition) is 1. The van der Waals surface area contributed by atoms with E-state index in [1.165, 1.54) is 12.1 Å². The first-order valence-corrected chi connectivity index (χ1v) is 6.69. The third-order valence-corrected chi connectivity index (χ3v) is 3.81. The van der Waals surface area contributed by atoms with Crippen molar-refractivity contribution in [1.82, 2.24) is 0 Å². The van der Waals surface area contributed by atoms with E-state index in [1.54, 1.807) is 24.3 Å². The first-order chi connectivity index (χ1) is 9.00. The molecule has 1 atom stereocenters. The summed E-state index contributed by atoms with van der Waals surface area (Å²) < 4.78 is 13.7. The summed E-state index contributed by atoms with van der Waals surface area (Å²) in [6.45, 7) is 0. The molecule has 0 radical (unpaired) electrons. The van der Waals surface area contributed by atoms with E-state index < -0.39 is 11.9 Å². The van der Waals surface area contributed by atoms with Crippen molar-refractivity contribution in [3.63, 3.8) is 0 Å². The Balaban J connectivity index is 2.34. The van der Waals surface area contributed by atoms with Gasteiger partial charge in [-0.15, -0.1) is 0 Å². The zero-order valence-corrected chi connectivity index (χ0v) is 12.0. The minimum atomic E-state index is -1.02. The van der Waals surface area contributed by atoms with Crippen molar-refractivity contribution in [2.24, 2.45) is 0 Å². The molecule has 2 rings (SSSR count). The Hall–Kier alpha value is -0.800. The quantitative estimate of drug-likeness (QED) is 0.838. The van der Waals surface area contributed by atoms with Gasteiger partial charge in [-0.25, -0.2) is 4.39 Å². The molecule has 0 aliphatic heterocycles. The van der Waals surface area contributed by atoms with Gasteiger partial charge >= 0.3 is 0 Å². The van der Waals surface area contributed by atoms with Gasteiger partial charge in [0.2, 0.25) is 0 Å². The SMILES string of the molecule is OC(Cc1c(F)cccc1Cl)c1c(Cl)cccc1Cl. The molecule has 0 aromatic heterocycles. The van der Waals surface area contributed by atoms with Crippen molar-refractivity contribution in [1.29, 1.82) is 0 Å². The van der Waals surface area contributed by atoms with Gasteiger partial charge in [0.15, 0.2) is 0 Å². The largest absolute Gasteiger partial charge is 0.388 e. The zero-order chi connectivity index (χ0) is 14.0. The molecule has 0 saturated carbocycles. The van der Waals surface area contributed by atoms with Crippen LogP contribution in [0.2, 0.25) is 15.1 Å². The minimum absolute atomic E-state index is 0.00889. The smallest absolute Gasteiger partial charge is 0.127 e. The Morgan fingerprint density at radius 2 is 1.47 bits per heavy atom. The third-order valence-electron chi connectivity index (χ3n) is 2.79. The molecule has 0 amide bonds. The van der Waals surface area contributed by atoms with Crippen molar-refractivity contribution in [3.05, 3.63) is 68.4 Å². The van der Waals surface area contributed by atoms with Crippen molar-refractivity contribution >= 4 is 34.8 Å². The molecule has 2 aromatic carbocycles. The molecular formula is C14H10Cl3FO. The van der Waals surface area contributed by atoms with Crippen molar-refractivity contribution in [2.75, 3.05) is 0 Å². The fraction of sp³-hybridized carbons (Fsp3) is 0.143. The highest BCUT2D eigenvalue weighted by atomic mass is 35.5. The summed E-state index contributed by atoms with van der Waals surface area (Å²) in [5.41, 5.74) is 0.623. The summed E-state index contributed by atoms with van der Waals surface area (Å²) in [6, 6.07) is 9.29. The summed E-state index contributed by atoms with van der Waals surface area (Å²) in [5.74, 6) is -0.463. The van der Waals surface area contributed by atoms with Crippen LogP contribution in [0.3, 0.4) is 0 Å². The second kappa shape index (κ2) is 6.10. The van der Waals surface area contributed by atoms with E-state index in [9.17, 15) is 9.50 Å². The zero-order valence-electron chi connectivity index (χ0n) is 9.71. The minimum Gasteiger partial charge on any atom is -0.388 e. The summed E-state index contributed by atoms with van der Waals surface area (Å²) in [5, 5.41) is 11.1. The molecule has 5 heteroatoms. The Morgan fingerprint density at radius 3 is 2.05 bits per heavy atom. The molecule has 1 N–H and O–H groups in total. The van der Waals surface area contributed by atoms with Crippen LogP contribution in [0.1, 0.15) is 17.2 Å². The maximum atomic E-state index is 13.7. The van der Waals surface area contributed by atoms with Gasteiger partial charge in [0.25, 0.3) is 0 Å². The number of aliphatic hydroxyl groups excluding tert-OH is 1. The van der Waals surface area contributed by atoms with Crippen LogP contribution in [0.15, 0.2) is 36.4 Å². The average Bonchev–Trinajstić information content (AvgIpc) is 2.34. The lowest BCUT2D eigenvalue weighted by Crippen LogP contribution is -2.05. The standard InChI is InChI=1S/C14H10Cl3FO/c15-9-3-2-6-12(18)8(9)7-13(19)14-10(16)4-1-5-11(14)17/h1-6,13,19H,7H2. The lowest BCUT2D eigenvalue weighted by molar-refractivity contribution is 0.177. The Morgan fingerprint density at radius 1 is 0.947 bits per heavy atom. The van der Waals surface area contributed by atoms with E-state index in [0.717, 1.165) is 0 Å². The fourth-order valence-electron chi connectivity index (χ4n) is 1.85.